The molecule has 2 aromatic rings. The molecule has 0 saturated heterocycles. The molecule has 2 amide bonds. The molecule has 2 aromatic carbocycles. The summed E-state index contributed by atoms with van der Waals surface area (Å²) in [4.78, 5) is 35.7. The first kappa shape index (κ1) is 20.9. The van der Waals surface area contributed by atoms with Crippen LogP contribution in [0.5, 0.6) is 0 Å². The molecule has 0 bridgehead atoms. The van der Waals surface area contributed by atoms with Crippen molar-refractivity contribution < 1.29 is 19.1 Å². The lowest BCUT2D eigenvalue weighted by molar-refractivity contribution is -0.142. The molecule has 0 radical (unpaired) electrons. The number of amides is 2. The number of benzene rings is 2. The molecule has 0 aliphatic rings. The number of rotatable bonds is 6. The Morgan fingerprint density at radius 2 is 1.81 bits per heavy atom. The molecule has 6 nitrogen and oxygen atoms in total. The van der Waals surface area contributed by atoms with E-state index in [1.807, 2.05) is 0 Å². The Morgan fingerprint density at radius 3 is 2.41 bits per heavy atom. The van der Waals surface area contributed by atoms with E-state index in [0.29, 0.717) is 16.3 Å². The summed E-state index contributed by atoms with van der Waals surface area (Å²) in [7, 11) is 1.26. The molecule has 0 saturated carbocycles. The van der Waals surface area contributed by atoms with E-state index in [0.717, 1.165) is 10.0 Å². The zero-order valence-corrected chi connectivity index (χ0v) is 17.1. The second kappa shape index (κ2) is 9.53. The van der Waals surface area contributed by atoms with Crippen LogP contribution < -0.4 is 10.6 Å². The molecule has 0 heterocycles. The van der Waals surface area contributed by atoms with Crippen LogP contribution in [-0.2, 0) is 20.7 Å². The number of ether oxygens (including phenoxy) is 1. The van der Waals surface area contributed by atoms with Gasteiger partial charge in [-0.1, -0.05) is 27.5 Å². The summed E-state index contributed by atoms with van der Waals surface area (Å²) in [5, 5.41) is 5.82. The van der Waals surface area contributed by atoms with Crippen molar-refractivity contribution in [2.24, 2.45) is 0 Å². The van der Waals surface area contributed by atoms with Crippen molar-refractivity contribution in [3.8, 4) is 0 Å². The monoisotopic (exact) mass is 452 g/mol. The zero-order chi connectivity index (χ0) is 20.0. The summed E-state index contributed by atoms with van der Waals surface area (Å²) in [5.74, 6) is -1.20. The van der Waals surface area contributed by atoms with Crippen molar-refractivity contribution in [2.75, 3.05) is 12.4 Å². The zero-order valence-electron chi connectivity index (χ0n) is 14.7. The third-order valence-electron chi connectivity index (χ3n) is 3.69. The molecule has 142 valence electrons. The minimum absolute atomic E-state index is 0.204. The highest BCUT2D eigenvalue weighted by atomic mass is 79.9. The molecular formula is C19H18BrClN2O4. The standard InChI is InChI=1S/C19H18BrClN2O4/c1-11(24)22-15-6-3-12(4-7-15)18(25)23-17(19(26)27-2)10-13-9-14(21)5-8-16(13)20/h3-9,17H,10H2,1-2H3,(H,22,24)(H,23,25)/t17-/m0/s1. The van der Waals surface area contributed by atoms with Crippen LogP contribution >= 0.6 is 27.5 Å². The number of methoxy groups -OCH3 is 1. The van der Waals surface area contributed by atoms with Gasteiger partial charge in [-0.2, -0.15) is 0 Å². The fourth-order valence-corrected chi connectivity index (χ4v) is 3.01. The highest BCUT2D eigenvalue weighted by Gasteiger charge is 2.23. The molecule has 0 aliphatic heterocycles. The highest BCUT2D eigenvalue weighted by Crippen LogP contribution is 2.23. The van der Waals surface area contributed by atoms with Crippen LogP contribution in [0.4, 0.5) is 5.69 Å². The minimum atomic E-state index is -0.882. The lowest BCUT2D eigenvalue weighted by Crippen LogP contribution is -2.43. The van der Waals surface area contributed by atoms with Gasteiger partial charge in [0.05, 0.1) is 7.11 Å². The summed E-state index contributed by atoms with van der Waals surface area (Å²) in [5.41, 5.74) is 1.69. The van der Waals surface area contributed by atoms with E-state index in [1.165, 1.54) is 14.0 Å². The van der Waals surface area contributed by atoms with Gasteiger partial charge in [-0.05, 0) is 48.0 Å². The first-order valence-corrected chi connectivity index (χ1v) is 9.17. The van der Waals surface area contributed by atoms with Gasteiger partial charge in [0.1, 0.15) is 6.04 Å². The van der Waals surface area contributed by atoms with Crippen LogP contribution in [-0.4, -0.2) is 30.9 Å². The van der Waals surface area contributed by atoms with Crippen LogP contribution in [0.3, 0.4) is 0 Å². The van der Waals surface area contributed by atoms with E-state index in [4.69, 9.17) is 16.3 Å². The number of carbonyl (C=O) groups excluding carboxylic acids is 3. The van der Waals surface area contributed by atoms with Gasteiger partial charge >= 0.3 is 5.97 Å². The molecule has 2 rings (SSSR count). The van der Waals surface area contributed by atoms with Crippen LogP contribution in [0.25, 0.3) is 0 Å². The van der Waals surface area contributed by atoms with Gasteiger partial charge in [0, 0.05) is 34.1 Å². The predicted molar refractivity (Wildman–Crippen MR) is 107 cm³/mol. The van der Waals surface area contributed by atoms with Crippen molar-refractivity contribution in [3.05, 3.63) is 63.1 Å². The van der Waals surface area contributed by atoms with Crippen molar-refractivity contribution in [2.45, 2.75) is 19.4 Å². The average molecular weight is 454 g/mol. The molecule has 1 atom stereocenters. The van der Waals surface area contributed by atoms with Gasteiger partial charge in [0.15, 0.2) is 0 Å². The summed E-state index contributed by atoms with van der Waals surface area (Å²) in [6.07, 6.45) is 0.212. The quantitative estimate of drug-likeness (QED) is 0.655. The Morgan fingerprint density at radius 1 is 1.15 bits per heavy atom. The number of carbonyl (C=O) groups is 3. The van der Waals surface area contributed by atoms with Gasteiger partial charge in [0.2, 0.25) is 5.91 Å². The predicted octanol–water partition coefficient (Wildman–Crippen LogP) is 3.58. The SMILES string of the molecule is COC(=O)[C@H](Cc1cc(Cl)ccc1Br)NC(=O)c1ccc(NC(C)=O)cc1. The molecule has 27 heavy (non-hydrogen) atoms. The van der Waals surface area contributed by atoms with Crippen LogP contribution in [0.15, 0.2) is 46.9 Å². The molecule has 0 aliphatic carbocycles. The Kier molecular flexibility index (Phi) is 7.38. The number of anilines is 1. The number of halogens is 2. The normalized spacial score (nSPS) is 11.4. The largest absolute Gasteiger partial charge is 0.467 e. The maximum atomic E-state index is 12.5. The van der Waals surface area contributed by atoms with Gasteiger partial charge in [0.25, 0.3) is 5.91 Å². The Hall–Kier alpha value is -2.38. The minimum Gasteiger partial charge on any atom is -0.467 e. The van der Waals surface area contributed by atoms with Crippen molar-refractivity contribution in [1.82, 2.24) is 5.32 Å². The first-order valence-electron chi connectivity index (χ1n) is 8.00. The van der Waals surface area contributed by atoms with E-state index in [1.54, 1.807) is 42.5 Å². The molecule has 2 N–H and O–H groups in total. The second-order valence-corrected chi connectivity index (χ2v) is 7.04. The second-order valence-electron chi connectivity index (χ2n) is 5.75. The summed E-state index contributed by atoms with van der Waals surface area (Å²) in [6.45, 7) is 1.40. The maximum Gasteiger partial charge on any atom is 0.328 e. The first-order chi connectivity index (χ1) is 12.8. The van der Waals surface area contributed by atoms with Gasteiger partial charge in [-0.15, -0.1) is 0 Å². The number of hydrogen-bond donors (Lipinski definition) is 2. The van der Waals surface area contributed by atoms with E-state index in [2.05, 4.69) is 26.6 Å². The number of nitrogens with one attached hydrogen (secondary N) is 2. The van der Waals surface area contributed by atoms with Gasteiger partial charge in [-0.25, -0.2) is 4.79 Å². The van der Waals surface area contributed by atoms with E-state index in [9.17, 15) is 14.4 Å². The fraction of sp³-hybridized carbons (Fsp3) is 0.211. The third kappa shape index (κ3) is 6.08. The molecule has 0 fully saturated rings. The van der Waals surface area contributed by atoms with Crippen molar-refractivity contribution >= 4 is 51.0 Å². The number of hydrogen-bond acceptors (Lipinski definition) is 4. The van der Waals surface area contributed by atoms with E-state index < -0.39 is 17.9 Å². The molecule has 0 aromatic heterocycles. The summed E-state index contributed by atoms with van der Waals surface area (Å²) >= 11 is 9.42. The smallest absolute Gasteiger partial charge is 0.328 e. The molecule has 0 unspecified atom stereocenters. The van der Waals surface area contributed by atoms with Crippen molar-refractivity contribution in [3.63, 3.8) is 0 Å². The van der Waals surface area contributed by atoms with Gasteiger partial charge in [-0.3, -0.25) is 9.59 Å². The molecular weight excluding hydrogens is 436 g/mol. The van der Waals surface area contributed by atoms with Gasteiger partial charge < -0.3 is 15.4 Å². The highest BCUT2D eigenvalue weighted by molar-refractivity contribution is 9.10. The van der Waals surface area contributed by atoms with Crippen LogP contribution in [0.1, 0.15) is 22.8 Å². The third-order valence-corrected chi connectivity index (χ3v) is 4.70. The lowest BCUT2D eigenvalue weighted by Gasteiger charge is -2.18. The van der Waals surface area contributed by atoms with E-state index in [-0.39, 0.29) is 12.3 Å². The Bertz CT molecular complexity index is 855. The fourth-order valence-electron chi connectivity index (χ4n) is 2.40. The summed E-state index contributed by atoms with van der Waals surface area (Å²) < 4.78 is 5.58. The Balaban J connectivity index is 2.15. The maximum absolute atomic E-state index is 12.5. The number of esters is 1. The molecule has 0 spiro atoms. The summed E-state index contributed by atoms with van der Waals surface area (Å²) in [6, 6.07) is 10.7. The van der Waals surface area contributed by atoms with E-state index >= 15 is 0 Å². The van der Waals surface area contributed by atoms with Crippen molar-refractivity contribution in [1.29, 1.82) is 0 Å². The molecule has 8 heteroatoms. The topological polar surface area (TPSA) is 84.5 Å². The lowest BCUT2D eigenvalue weighted by atomic mass is 10.1. The Labute approximate surface area is 170 Å². The average Bonchev–Trinajstić information content (AvgIpc) is 2.63. The van der Waals surface area contributed by atoms with Crippen LogP contribution in [0.2, 0.25) is 5.02 Å². The van der Waals surface area contributed by atoms with Crippen LogP contribution in [0, 0.1) is 0 Å².